The molecule has 0 spiro atoms. The summed E-state index contributed by atoms with van der Waals surface area (Å²) in [5.41, 5.74) is 1.59. The fourth-order valence-corrected chi connectivity index (χ4v) is 1.87. The van der Waals surface area contributed by atoms with Crippen molar-refractivity contribution in [1.29, 1.82) is 0 Å². The monoisotopic (exact) mass is 279 g/mol. The maximum absolute atomic E-state index is 10.9. The molecule has 0 bridgehead atoms. The first kappa shape index (κ1) is 16.6. The van der Waals surface area contributed by atoms with Crippen molar-refractivity contribution >= 4 is 11.6 Å². The molecule has 112 valence electrons. The lowest BCUT2D eigenvalue weighted by Crippen LogP contribution is -2.25. The Morgan fingerprint density at radius 3 is 2.50 bits per heavy atom. The number of hydrogen-bond acceptors (Lipinski definition) is 4. The molecule has 3 N–H and O–H groups in total. The first-order chi connectivity index (χ1) is 9.49. The zero-order chi connectivity index (χ0) is 15.0. The summed E-state index contributed by atoms with van der Waals surface area (Å²) in [5.74, 6) is -0.0964. The molecule has 0 saturated carbocycles. The fraction of sp³-hybridized carbons (Fsp3) is 0.533. The van der Waals surface area contributed by atoms with Gasteiger partial charge in [-0.05, 0) is 51.3 Å². The van der Waals surface area contributed by atoms with Gasteiger partial charge in [0.15, 0.2) is 0 Å². The normalized spacial score (nSPS) is 12.4. The average molecular weight is 279 g/mol. The Morgan fingerprint density at radius 1 is 1.30 bits per heavy atom. The number of carbonyl (C=O) groups excluding carboxylic acids is 1. The molecule has 1 aromatic rings. The number of nitrogens with zero attached hydrogens (tertiary/aromatic N) is 1. The lowest BCUT2D eigenvalue weighted by atomic mass is 10.1. The van der Waals surface area contributed by atoms with Crippen LogP contribution in [0, 0.1) is 0 Å². The second-order valence-corrected chi connectivity index (χ2v) is 5.18. The first-order valence-corrected chi connectivity index (χ1v) is 6.90. The molecular formula is C15H25N3O2. The Morgan fingerprint density at radius 2 is 1.95 bits per heavy atom. The Kier molecular flexibility index (Phi) is 7.22. The van der Waals surface area contributed by atoms with Crippen LogP contribution in [0.3, 0.4) is 0 Å². The molecule has 5 nitrogen and oxygen atoms in total. The van der Waals surface area contributed by atoms with E-state index in [0.29, 0.717) is 6.54 Å². The number of amides is 1. The van der Waals surface area contributed by atoms with E-state index in [-0.39, 0.29) is 5.91 Å². The number of benzene rings is 1. The minimum atomic E-state index is -0.527. The number of anilines is 1. The summed E-state index contributed by atoms with van der Waals surface area (Å²) in [4.78, 5) is 13.0. The summed E-state index contributed by atoms with van der Waals surface area (Å²) < 4.78 is 0. The molecule has 0 aromatic heterocycles. The van der Waals surface area contributed by atoms with Crippen molar-refractivity contribution in [2.75, 3.05) is 39.0 Å². The van der Waals surface area contributed by atoms with Crippen molar-refractivity contribution in [1.82, 2.24) is 10.2 Å². The molecule has 5 heteroatoms. The van der Waals surface area contributed by atoms with E-state index in [0.717, 1.165) is 30.8 Å². The minimum Gasteiger partial charge on any atom is -0.387 e. The molecular weight excluding hydrogens is 254 g/mol. The summed E-state index contributed by atoms with van der Waals surface area (Å²) in [6.45, 7) is 3.93. The lowest BCUT2D eigenvalue weighted by Gasteiger charge is -2.14. The van der Waals surface area contributed by atoms with E-state index in [4.69, 9.17) is 0 Å². The van der Waals surface area contributed by atoms with Crippen LogP contribution in [0.2, 0.25) is 0 Å². The van der Waals surface area contributed by atoms with Crippen LogP contribution in [-0.2, 0) is 4.79 Å². The van der Waals surface area contributed by atoms with E-state index in [1.807, 2.05) is 26.2 Å². The molecule has 0 aliphatic rings. The van der Waals surface area contributed by atoms with E-state index in [9.17, 15) is 9.90 Å². The number of rotatable bonds is 8. The maximum atomic E-state index is 10.9. The highest BCUT2D eigenvalue weighted by Gasteiger charge is 2.07. The van der Waals surface area contributed by atoms with Gasteiger partial charge in [-0.1, -0.05) is 12.1 Å². The predicted octanol–water partition coefficient (Wildman–Crippen LogP) is 1.22. The topological polar surface area (TPSA) is 64.6 Å². The lowest BCUT2D eigenvalue weighted by molar-refractivity contribution is -0.114. The molecule has 0 aliphatic carbocycles. The maximum Gasteiger partial charge on any atom is 0.221 e. The summed E-state index contributed by atoms with van der Waals surface area (Å²) in [7, 11) is 4.09. The molecule has 0 aliphatic heterocycles. The van der Waals surface area contributed by atoms with E-state index in [1.54, 1.807) is 12.1 Å². The third-order valence-electron chi connectivity index (χ3n) is 2.91. The van der Waals surface area contributed by atoms with Gasteiger partial charge in [-0.25, -0.2) is 0 Å². The quantitative estimate of drug-likeness (QED) is 0.626. The van der Waals surface area contributed by atoms with Crippen LogP contribution in [0.1, 0.15) is 25.0 Å². The summed E-state index contributed by atoms with van der Waals surface area (Å²) in [6, 6.07) is 7.26. The summed E-state index contributed by atoms with van der Waals surface area (Å²) in [6.07, 6.45) is 0.530. The third kappa shape index (κ3) is 6.65. The van der Waals surface area contributed by atoms with Gasteiger partial charge in [-0.2, -0.15) is 0 Å². The number of nitrogens with one attached hydrogen (secondary N) is 2. The Bertz CT molecular complexity index is 404. The smallest absolute Gasteiger partial charge is 0.221 e. The number of carbonyl (C=O) groups is 1. The highest BCUT2D eigenvalue weighted by atomic mass is 16.3. The minimum absolute atomic E-state index is 0.0964. The van der Waals surface area contributed by atoms with Crippen LogP contribution in [0.5, 0.6) is 0 Å². The van der Waals surface area contributed by atoms with Crippen LogP contribution in [0.4, 0.5) is 5.69 Å². The Balaban J connectivity index is 2.32. The fourth-order valence-electron chi connectivity index (χ4n) is 1.87. The Labute approximate surface area is 121 Å². The highest BCUT2D eigenvalue weighted by Crippen LogP contribution is 2.15. The van der Waals surface area contributed by atoms with Gasteiger partial charge in [0.2, 0.25) is 5.91 Å². The standard InChI is InChI=1S/C15H25N3O2/c1-12(19)17-14-7-5-13(6-8-14)15(20)11-16-9-4-10-18(2)3/h5-8,15-16,20H,4,9-11H2,1-3H3,(H,17,19). The average Bonchev–Trinajstić information content (AvgIpc) is 2.38. The summed E-state index contributed by atoms with van der Waals surface area (Å²) in [5, 5.41) is 16.0. The van der Waals surface area contributed by atoms with Crippen LogP contribution in [0.15, 0.2) is 24.3 Å². The number of aliphatic hydroxyl groups excluding tert-OH is 1. The second kappa shape index (κ2) is 8.68. The zero-order valence-electron chi connectivity index (χ0n) is 12.5. The number of aliphatic hydroxyl groups is 1. The van der Waals surface area contributed by atoms with Crippen molar-refractivity contribution < 1.29 is 9.90 Å². The third-order valence-corrected chi connectivity index (χ3v) is 2.91. The second-order valence-electron chi connectivity index (χ2n) is 5.18. The van der Waals surface area contributed by atoms with E-state index in [2.05, 4.69) is 15.5 Å². The van der Waals surface area contributed by atoms with Crippen molar-refractivity contribution in [2.24, 2.45) is 0 Å². The van der Waals surface area contributed by atoms with Gasteiger partial charge in [0.25, 0.3) is 0 Å². The molecule has 0 radical (unpaired) electrons. The summed E-state index contributed by atoms with van der Waals surface area (Å²) >= 11 is 0. The van der Waals surface area contributed by atoms with Gasteiger partial charge in [0.05, 0.1) is 6.10 Å². The van der Waals surface area contributed by atoms with E-state index >= 15 is 0 Å². The van der Waals surface area contributed by atoms with Gasteiger partial charge in [0.1, 0.15) is 0 Å². The molecule has 1 unspecified atom stereocenters. The molecule has 0 saturated heterocycles. The van der Waals surface area contributed by atoms with Crippen molar-refractivity contribution in [3.63, 3.8) is 0 Å². The molecule has 1 aromatic carbocycles. The van der Waals surface area contributed by atoms with E-state index in [1.165, 1.54) is 6.92 Å². The van der Waals surface area contributed by atoms with Gasteiger partial charge in [-0.15, -0.1) is 0 Å². The SMILES string of the molecule is CC(=O)Nc1ccc(C(O)CNCCCN(C)C)cc1. The molecule has 1 rings (SSSR count). The first-order valence-electron chi connectivity index (χ1n) is 6.90. The van der Waals surface area contributed by atoms with Crippen molar-refractivity contribution in [2.45, 2.75) is 19.4 Å². The number of hydrogen-bond donors (Lipinski definition) is 3. The van der Waals surface area contributed by atoms with Gasteiger partial charge in [0, 0.05) is 19.2 Å². The van der Waals surface area contributed by atoms with E-state index < -0.39 is 6.10 Å². The van der Waals surface area contributed by atoms with Crippen LogP contribution < -0.4 is 10.6 Å². The highest BCUT2D eigenvalue weighted by molar-refractivity contribution is 5.88. The van der Waals surface area contributed by atoms with Crippen LogP contribution in [0.25, 0.3) is 0 Å². The molecule has 1 amide bonds. The van der Waals surface area contributed by atoms with Crippen molar-refractivity contribution in [3.05, 3.63) is 29.8 Å². The zero-order valence-corrected chi connectivity index (χ0v) is 12.5. The molecule has 20 heavy (non-hydrogen) atoms. The van der Waals surface area contributed by atoms with Crippen LogP contribution in [-0.4, -0.2) is 49.6 Å². The molecule has 1 atom stereocenters. The van der Waals surface area contributed by atoms with Crippen LogP contribution >= 0.6 is 0 Å². The molecule has 0 fully saturated rings. The van der Waals surface area contributed by atoms with Crippen molar-refractivity contribution in [3.8, 4) is 0 Å². The predicted molar refractivity (Wildman–Crippen MR) is 81.7 cm³/mol. The van der Waals surface area contributed by atoms with Gasteiger partial charge < -0.3 is 20.6 Å². The largest absolute Gasteiger partial charge is 0.387 e. The van der Waals surface area contributed by atoms with Gasteiger partial charge in [-0.3, -0.25) is 4.79 Å². The Hall–Kier alpha value is -1.43. The molecule has 0 heterocycles. The van der Waals surface area contributed by atoms with Gasteiger partial charge >= 0.3 is 0 Å².